The second kappa shape index (κ2) is 5.13. The molecule has 0 atom stereocenters. The third-order valence-electron chi connectivity index (χ3n) is 3.02. The van der Waals surface area contributed by atoms with Crippen LogP contribution < -0.4 is 5.32 Å². The fraction of sp³-hybridized carbons (Fsp3) is 0.133. The van der Waals surface area contributed by atoms with Gasteiger partial charge in [-0.15, -0.1) is 0 Å². The van der Waals surface area contributed by atoms with Crippen LogP contribution in [0.25, 0.3) is 5.65 Å². The predicted molar refractivity (Wildman–Crippen MR) is 75.3 cm³/mol. The van der Waals surface area contributed by atoms with Gasteiger partial charge in [0.2, 0.25) is 0 Å². The third kappa shape index (κ3) is 2.51. The van der Waals surface area contributed by atoms with Crippen LogP contribution in [0, 0.1) is 6.92 Å². The predicted octanol–water partition coefficient (Wildman–Crippen LogP) is 1.97. The minimum Gasteiger partial charge on any atom is -0.348 e. The smallest absolute Gasteiger partial charge is 0.251 e. The lowest BCUT2D eigenvalue weighted by Gasteiger charge is -2.05. The summed E-state index contributed by atoms with van der Waals surface area (Å²) in [6, 6.07) is 7.34. The number of carbonyl (C=O) groups is 1. The summed E-state index contributed by atoms with van der Waals surface area (Å²) < 4.78 is 1.90. The number of imidazole rings is 1. The van der Waals surface area contributed by atoms with E-state index >= 15 is 0 Å². The van der Waals surface area contributed by atoms with Gasteiger partial charge in [0.25, 0.3) is 5.91 Å². The maximum absolute atomic E-state index is 12.1. The van der Waals surface area contributed by atoms with E-state index in [-0.39, 0.29) is 5.91 Å². The van der Waals surface area contributed by atoms with E-state index in [2.05, 4.69) is 15.3 Å². The van der Waals surface area contributed by atoms with Crippen LogP contribution in [0.1, 0.15) is 21.6 Å². The molecule has 0 radical (unpaired) electrons. The number of amides is 1. The van der Waals surface area contributed by atoms with Crippen LogP contribution in [0.5, 0.6) is 0 Å². The highest BCUT2D eigenvalue weighted by molar-refractivity contribution is 5.94. The van der Waals surface area contributed by atoms with Gasteiger partial charge in [-0.05, 0) is 30.7 Å². The van der Waals surface area contributed by atoms with Crippen molar-refractivity contribution in [2.75, 3.05) is 0 Å². The highest BCUT2D eigenvalue weighted by atomic mass is 16.1. The summed E-state index contributed by atoms with van der Waals surface area (Å²) in [6.45, 7) is 2.39. The van der Waals surface area contributed by atoms with Crippen LogP contribution in [0.4, 0.5) is 0 Å². The first-order chi connectivity index (χ1) is 9.72. The first-order valence-corrected chi connectivity index (χ1v) is 6.35. The molecule has 5 heteroatoms. The molecule has 3 heterocycles. The van der Waals surface area contributed by atoms with Gasteiger partial charge in [0.15, 0.2) is 0 Å². The second-order valence-electron chi connectivity index (χ2n) is 4.61. The quantitative estimate of drug-likeness (QED) is 0.788. The molecule has 0 aliphatic rings. The number of nitrogens with one attached hydrogen (secondary N) is 1. The van der Waals surface area contributed by atoms with Gasteiger partial charge in [-0.25, -0.2) is 4.98 Å². The first-order valence-electron chi connectivity index (χ1n) is 6.35. The molecule has 3 aromatic rings. The molecule has 0 spiro atoms. The van der Waals surface area contributed by atoms with Gasteiger partial charge >= 0.3 is 0 Å². The van der Waals surface area contributed by atoms with Gasteiger partial charge in [0, 0.05) is 36.9 Å². The number of aromatic nitrogens is 3. The van der Waals surface area contributed by atoms with Gasteiger partial charge < -0.3 is 9.72 Å². The maximum atomic E-state index is 12.1. The highest BCUT2D eigenvalue weighted by Gasteiger charge is 2.07. The third-order valence-corrected chi connectivity index (χ3v) is 3.02. The summed E-state index contributed by atoms with van der Waals surface area (Å²) in [7, 11) is 0. The summed E-state index contributed by atoms with van der Waals surface area (Å²) >= 11 is 0. The number of aryl methyl sites for hydroxylation is 1. The van der Waals surface area contributed by atoms with E-state index < -0.39 is 0 Å². The Hall–Kier alpha value is -2.69. The van der Waals surface area contributed by atoms with Crippen molar-refractivity contribution < 1.29 is 4.79 Å². The van der Waals surface area contributed by atoms with Crippen molar-refractivity contribution in [3.8, 4) is 0 Å². The van der Waals surface area contributed by atoms with Crippen molar-refractivity contribution in [1.82, 2.24) is 19.7 Å². The molecule has 3 aromatic heterocycles. The van der Waals surface area contributed by atoms with Crippen LogP contribution in [0.15, 0.2) is 49.1 Å². The van der Waals surface area contributed by atoms with E-state index in [9.17, 15) is 4.79 Å². The summed E-state index contributed by atoms with van der Waals surface area (Å²) in [4.78, 5) is 20.5. The van der Waals surface area contributed by atoms with Crippen molar-refractivity contribution in [3.63, 3.8) is 0 Å². The molecule has 5 nitrogen and oxygen atoms in total. The number of nitrogens with zero attached hydrogens (tertiary/aromatic N) is 3. The number of fused-ring (bicyclic) bond motifs is 1. The van der Waals surface area contributed by atoms with Crippen molar-refractivity contribution in [2.45, 2.75) is 13.5 Å². The Morgan fingerprint density at radius 1 is 1.40 bits per heavy atom. The largest absolute Gasteiger partial charge is 0.348 e. The van der Waals surface area contributed by atoms with Crippen LogP contribution in [0.3, 0.4) is 0 Å². The first kappa shape index (κ1) is 12.3. The Morgan fingerprint density at radius 2 is 2.30 bits per heavy atom. The van der Waals surface area contributed by atoms with Crippen LogP contribution in [0.2, 0.25) is 0 Å². The number of hydrogen-bond donors (Lipinski definition) is 1. The zero-order valence-corrected chi connectivity index (χ0v) is 11.1. The van der Waals surface area contributed by atoms with Crippen molar-refractivity contribution >= 4 is 11.6 Å². The molecule has 1 amide bonds. The lowest BCUT2D eigenvalue weighted by Crippen LogP contribution is -2.22. The van der Waals surface area contributed by atoms with Gasteiger partial charge in [-0.3, -0.25) is 9.78 Å². The van der Waals surface area contributed by atoms with E-state index in [1.807, 2.05) is 35.9 Å². The van der Waals surface area contributed by atoms with Crippen molar-refractivity contribution in [2.24, 2.45) is 0 Å². The van der Waals surface area contributed by atoms with Crippen LogP contribution in [-0.4, -0.2) is 20.3 Å². The number of carbonyl (C=O) groups excluding carboxylic acids is 1. The lowest BCUT2D eigenvalue weighted by atomic mass is 10.2. The van der Waals surface area contributed by atoms with E-state index in [0.717, 1.165) is 16.9 Å². The van der Waals surface area contributed by atoms with E-state index in [4.69, 9.17) is 0 Å². The molecule has 0 saturated heterocycles. The molecule has 0 unspecified atom stereocenters. The van der Waals surface area contributed by atoms with Gasteiger partial charge in [-0.1, -0.05) is 6.07 Å². The normalized spacial score (nSPS) is 10.7. The van der Waals surface area contributed by atoms with Crippen LogP contribution >= 0.6 is 0 Å². The molecular weight excluding hydrogens is 252 g/mol. The van der Waals surface area contributed by atoms with E-state index in [0.29, 0.717) is 12.1 Å². The molecule has 0 fully saturated rings. The Bertz CT molecular complexity index is 749. The molecule has 100 valence electrons. The Labute approximate surface area is 116 Å². The van der Waals surface area contributed by atoms with Gasteiger partial charge in [0.05, 0.1) is 5.69 Å². The van der Waals surface area contributed by atoms with E-state index in [1.165, 1.54) is 0 Å². The molecule has 0 saturated carbocycles. The molecule has 0 aliphatic heterocycles. The average Bonchev–Trinajstić information content (AvgIpc) is 2.85. The molecule has 0 aromatic carbocycles. The maximum Gasteiger partial charge on any atom is 0.251 e. The highest BCUT2D eigenvalue weighted by Crippen LogP contribution is 2.08. The second-order valence-corrected chi connectivity index (χ2v) is 4.61. The number of rotatable bonds is 3. The Kier molecular flexibility index (Phi) is 3.16. The fourth-order valence-electron chi connectivity index (χ4n) is 2.04. The number of pyridine rings is 2. The monoisotopic (exact) mass is 266 g/mol. The molecule has 1 N–H and O–H groups in total. The summed E-state index contributed by atoms with van der Waals surface area (Å²) in [6.07, 6.45) is 7.21. The standard InChI is InChI=1S/C15H14N4O/c1-11-10-19-6-4-13(7-14(19)18-11)15(20)17-9-12-3-2-5-16-8-12/h2-8,10H,9H2,1H3,(H,17,20). The van der Waals surface area contributed by atoms with Crippen LogP contribution in [-0.2, 0) is 6.54 Å². The summed E-state index contributed by atoms with van der Waals surface area (Å²) in [5, 5.41) is 2.87. The molecule has 0 bridgehead atoms. The van der Waals surface area contributed by atoms with Gasteiger partial charge in [-0.2, -0.15) is 0 Å². The summed E-state index contributed by atoms with van der Waals surface area (Å²) in [5.41, 5.74) is 3.28. The van der Waals surface area contributed by atoms with Crippen molar-refractivity contribution in [1.29, 1.82) is 0 Å². The lowest BCUT2D eigenvalue weighted by molar-refractivity contribution is 0.0951. The zero-order chi connectivity index (χ0) is 13.9. The minimum atomic E-state index is -0.114. The Morgan fingerprint density at radius 3 is 3.10 bits per heavy atom. The van der Waals surface area contributed by atoms with Crippen molar-refractivity contribution in [3.05, 3.63) is 65.9 Å². The SMILES string of the molecule is Cc1cn2ccc(C(=O)NCc3cccnc3)cc2n1. The topological polar surface area (TPSA) is 59.3 Å². The van der Waals surface area contributed by atoms with Gasteiger partial charge in [0.1, 0.15) is 5.65 Å². The Balaban J connectivity index is 1.75. The zero-order valence-electron chi connectivity index (χ0n) is 11.1. The molecule has 0 aliphatic carbocycles. The average molecular weight is 266 g/mol. The number of hydrogen-bond acceptors (Lipinski definition) is 3. The minimum absolute atomic E-state index is 0.114. The fourth-order valence-corrected chi connectivity index (χ4v) is 2.04. The molecule has 3 rings (SSSR count). The molecular formula is C15H14N4O. The van der Waals surface area contributed by atoms with E-state index in [1.54, 1.807) is 24.5 Å². The molecule has 20 heavy (non-hydrogen) atoms. The summed E-state index contributed by atoms with van der Waals surface area (Å²) in [5.74, 6) is -0.114.